The van der Waals surface area contributed by atoms with Crippen molar-refractivity contribution >= 4 is 6.09 Å². The first-order valence-corrected chi connectivity index (χ1v) is 8.50. The van der Waals surface area contributed by atoms with Crippen molar-refractivity contribution in [1.82, 2.24) is 5.32 Å². The predicted molar refractivity (Wildman–Crippen MR) is 98.1 cm³/mol. The van der Waals surface area contributed by atoms with E-state index in [2.05, 4.69) is 29.6 Å². The molecule has 128 valence electrons. The molecule has 0 bridgehead atoms. The van der Waals surface area contributed by atoms with Crippen molar-refractivity contribution in [2.75, 3.05) is 0 Å². The minimum Gasteiger partial charge on any atom is -0.444 e. The Morgan fingerprint density at radius 2 is 1.50 bits per heavy atom. The molecule has 0 radical (unpaired) electrons. The summed E-state index contributed by atoms with van der Waals surface area (Å²) in [7, 11) is 0. The van der Waals surface area contributed by atoms with Crippen LogP contribution < -0.4 is 5.32 Å². The maximum atomic E-state index is 12.1. The van der Waals surface area contributed by atoms with E-state index in [0.717, 1.165) is 19.3 Å². The lowest BCUT2D eigenvalue weighted by molar-refractivity contribution is 0.0502. The van der Waals surface area contributed by atoms with Gasteiger partial charge in [-0.1, -0.05) is 60.7 Å². The number of benzene rings is 2. The largest absolute Gasteiger partial charge is 0.444 e. The molecule has 0 saturated carbocycles. The second-order valence-electron chi connectivity index (χ2n) is 7.06. The average molecular weight is 325 g/mol. The molecule has 0 unspecified atom stereocenters. The van der Waals surface area contributed by atoms with Crippen LogP contribution in [0, 0.1) is 0 Å². The monoisotopic (exact) mass is 325 g/mol. The maximum Gasteiger partial charge on any atom is 0.407 e. The van der Waals surface area contributed by atoms with E-state index in [0.29, 0.717) is 0 Å². The van der Waals surface area contributed by atoms with Crippen LogP contribution in [0.2, 0.25) is 0 Å². The molecule has 0 saturated heterocycles. The number of hydrogen-bond acceptors (Lipinski definition) is 2. The minimum absolute atomic E-state index is 0.0439. The highest BCUT2D eigenvalue weighted by atomic mass is 16.6. The first-order chi connectivity index (χ1) is 11.4. The second-order valence-corrected chi connectivity index (χ2v) is 7.06. The van der Waals surface area contributed by atoms with Crippen molar-refractivity contribution in [2.24, 2.45) is 0 Å². The molecule has 2 aromatic carbocycles. The van der Waals surface area contributed by atoms with Crippen LogP contribution in [0.4, 0.5) is 4.79 Å². The van der Waals surface area contributed by atoms with Crippen molar-refractivity contribution in [2.45, 2.75) is 51.7 Å². The molecule has 2 rings (SSSR count). The van der Waals surface area contributed by atoms with Gasteiger partial charge in [0.1, 0.15) is 5.60 Å². The van der Waals surface area contributed by atoms with E-state index in [4.69, 9.17) is 4.74 Å². The zero-order valence-electron chi connectivity index (χ0n) is 14.8. The average Bonchev–Trinajstić information content (AvgIpc) is 2.53. The fourth-order valence-electron chi connectivity index (χ4n) is 2.58. The first kappa shape index (κ1) is 18.1. The molecule has 24 heavy (non-hydrogen) atoms. The standard InChI is InChI=1S/C21H27NO2/c1-21(2,3)24-20(23)22-19(16-18-12-8-5-9-13-18)15-14-17-10-6-4-7-11-17/h4-13,19H,14-16H2,1-3H3,(H,22,23)/t19-/m1/s1. The molecule has 0 aliphatic carbocycles. The molecule has 1 amide bonds. The van der Waals surface area contributed by atoms with E-state index >= 15 is 0 Å². The van der Waals surface area contributed by atoms with Gasteiger partial charge in [0.2, 0.25) is 0 Å². The molecule has 3 nitrogen and oxygen atoms in total. The van der Waals surface area contributed by atoms with Gasteiger partial charge in [-0.2, -0.15) is 0 Å². The fraction of sp³-hybridized carbons (Fsp3) is 0.381. The Labute approximate surface area is 145 Å². The quantitative estimate of drug-likeness (QED) is 0.832. The molecule has 0 heterocycles. The van der Waals surface area contributed by atoms with E-state index < -0.39 is 5.60 Å². The van der Waals surface area contributed by atoms with Crippen molar-refractivity contribution < 1.29 is 9.53 Å². The van der Waals surface area contributed by atoms with E-state index in [1.807, 2.05) is 57.2 Å². The number of rotatable bonds is 6. The van der Waals surface area contributed by atoms with Crippen LogP contribution in [-0.4, -0.2) is 17.7 Å². The third-order valence-corrected chi connectivity index (χ3v) is 3.67. The lowest BCUT2D eigenvalue weighted by Gasteiger charge is -2.24. The molecule has 0 spiro atoms. The molecular formula is C21H27NO2. The number of alkyl carbamates (subject to hydrolysis) is 1. The molecule has 1 atom stereocenters. The van der Waals surface area contributed by atoms with Crippen LogP contribution in [0.1, 0.15) is 38.3 Å². The summed E-state index contributed by atoms with van der Waals surface area (Å²) in [6.45, 7) is 5.63. The lowest BCUT2D eigenvalue weighted by atomic mass is 9.99. The third-order valence-electron chi connectivity index (χ3n) is 3.67. The molecule has 0 aliphatic rings. The summed E-state index contributed by atoms with van der Waals surface area (Å²) < 4.78 is 5.41. The first-order valence-electron chi connectivity index (χ1n) is 8.50. The Bertz CT molecular complexity index is 617. The van der Waals surface area contributed by atoms with E-state index in [1.54, 1.807) is 0 Å². The van der Waals surface area contributed by atoms with Crippen LogP contribution >= 0.6 is 0 Å². The van der Waals surface area contributed by atoms with Gasteiger partial charge >= 0.3 is 6.09 Å². The SMILES string of the molecule is CC(C)(C)OC(=O)N[C@H](CCc1ccccc1)Cc1ccccc1. The number of nitrogens with one attached hydrogen (secondary N) is 1. The zero-order chi connectivity index (χ0) is 17.4. The summed E-state index contributed by atoms with van der Waals surface area (Å²) in [5.41, 5.74) is 2.01. The predicted octanol–water partition coefficient (Wildman–Crippen LogP) is 4.76. The highest BCUT2D eigenvalue weighted by molar-refractivity contribution is 5.68. The maximum absolute atomic E-state index is 12.1. The van der Waals surface area contributed by atoms with Crippen molar-refractivity contribution in [3.63, 3.8) is 0 Å². The zero-order valence-corrected chi connectivity index (χ0v) is 14.8. The molecular weight excluding hydrogens is 298 g/mol. The molecule has 0 aromatic heterocycles. The topological polar surface area (TPSA) is 38.3 Å². The van der Waals surface area contributed by atoms with Gasteiger partial charge in [-0.15, -0.1) is 0 Å². The van der Waals surface area contributed by atoms with Crippen LogP contribution in [0.3, 0.4) is 0 Å². The van der Waals surface area contributed by atoms with E-state index in [1.165, 1.54) is 11.1 Å². The molecule has 0 fully saturated rings. The van der Waals surface area contributed by atoms with Crippen molar-refractivity contribution in [3.05, 3.63) is 71.8 Å². The Balaban J connectivity index is 1.99. The highest BCUT2D eigenvalue weighted by Gasteiger charge is 2.19. The Morgan fingerprint density at radius 3 is 2.04 bits per heavy atom. The summed E-state index contributed by atoms with van der Waals surface area (Å²) in [6, 6.07) is 20.6. The fourth-order valence-corrected chi connectivity index (χ4v) is 2.58. The number of hydrogen-bond donors (Lipinski definition) is 1. The Kier molecular flexibility index (Phi) is 6.42. The smallest absolute Gasteiger partial charge is 0.407 e. The van der Waals surface area contributed by atoms with Gasteiger partial charge in [0.15, 0.2) is 0 Å². The van der Waals surface area contributed by atoms with Crippen LogP contribution in [0.15, 0.2) is 60.7 Å². The van der Waals surface area contributed by atoms with Gasteiger partial charge in [-0.25, -0.2) is 4.79 Å². The van der Waals surface area contributed by atoms with Crippen molar-refractivity contribution in [1.29, 1.82) is 0 Å². The molecule has 0 aliphatic heterocycles. The van der Waals surface area contributed by atoms with Gasteiger partial charge in [0, 0.05) is 6.04 Å². The number of carbonyl (C=O) groups excluding carboxylic acids is 1. The van der Waals surface area contributed by atoms with Gasteiger partial charge in [0.25, 0.3) is 0 Å². The third kappa shape index (κ3) is 6.86. The van der Waals surface area contributed by atoms with Crippen LogP contribution in [-0.2, 0) is 17.6 Å². The number of amides is 1. The molecule has 1 N–H and O–H groups in total. The number of aryl methyl sites for hydroxylation is 1. The van der Waals surface area contributed by atoms with Gasteiger partial charge in [-0.3, -0.25) is 0 Å². The van der Waals surface area contributed by atoms with Crippen molar-refractivity contribution in [3.8, 4) is 0 Å². The lowest BCUT2D eigenvalue weighted by Crippen LogP contribution is -2.40. The summed E-state index contributed by atoms with van der Waals surface area (Å²) >= 11 is 0. The minimum atomic E-state index is -0.485. The van der Waals surface area contributed by atoms with Crippen LogP contribution in [0.5, 0.6) is 0 Å². The van der Waals surface area contributed by atoms with Gasteiger partial charge in [-0.05, 0) is 51.2 Å². The summed E-state index contributed by atoms with van der Waals surface area (Å²) in [5, 5.41) is 3.03. The van der Waals surface area contributed by atoms with Gasteiger partial charge in [0.05, 0.1) is 0 Å². The highest BCUT2D eigenvalue weighted by Crippen LogP contribution is 2.12. The number of carbonyl (C=O) groups is 1. The van der Waals surface area contributed by atoms with Crippen LogP contribution in [0.25, 0.3) is 0 Å². The van der Waals surface area contributed by atoms with E-state index in [-0.39, 0.29) is 12.1 Å². The summed E-state index contributed by atoms with van der Waals surface area (Å²) in [4.78, 5) is 12.1. The van der Waals surface area contributed by atoms with Gasteiger partial charge < -0.3 is 10.1 Å². The van der Waals surface area contributed by atoms with E-state index in [9.17, 15) is 4.79 Å². The number of ether oxygens (including phenoxy) is 1. The normalized spacial score (nSPS) is 12.5. The Morgan fingerprint density at radius 1 is 0.958 bits per heavy atom. The summed E-state index contributed by atoms with van der Waals surface area (Å²) in [5.74, 6) is 0. The molecule has 2 aromatic rings. The summed E-state index contributed by atoms with van der Waals surface area (Å²) in [6.07, 6.45) is 2.25. The molecule has 3 heteroatoms. The Hall–Kier alpha value is -2.29. The second kappa shape index (κ2) is 8.53.